The van der Waals surface area contributed by atoms with Crippen molar-refractivity contribution in [2.75, 3.05) is 31.5 Å². The smallest absolute Gasteiger partial charge is 0.264 e. The van der Waals surface area contributed by atoms with E-state index in [4.69, 9.17) is 0 Å². The fraction of sp³-hybridized carbons (Fsp3) is 0.250. The van der Waals surface area contributed by atoms with Crippen molar-refractivity contribution in [3.05, 3.63) is 88.1 Å². The van der Waals surface area contributed by atoms with E-state index in [9.17, 15) is 9.59 Å². The zero-order chi connectivity index (χ0) is 20.9. The fourth-order valence-corrected chi connectivity index (χ4v) is 4.44. The average molecular weight is 420 g/mol. The van der Waals surface area contributed by atoms with E-state index in [1.54, 1.807) is 0 Å². The molecule has 1 atom stereocenters. The number of aryl methyl sites for hydroxylation is 1. The highest BCUT2D eigenvalue weighted by atomic mass is 32.1. The van der Waals surface area contributed by atoms with Gasteiger partial charge in [-0.15, -0.1) is 11.3 Å². The molecule has 2 amide bonds. The first-order valence-corrected chi connectivity index (χ1v) is 11.0. The molecule has 0 unspecified atom stereocenters. The molecule has 4 rings (SSSR count). The van der Waals surface area contributed by atoms with Crippen LogP contribution in [0.25, 0.3) is 0 Å². The molecule has 0 bridgehead atoms. The number of hydrogen-bond donors (Lipinski definition) is 1. The van der Waals surface area contributed by atoms with Crippen molar-refractivity contribution in [2.45, 2.75) is 13.0 Å². The van der Waals surface area contributed by atoms with Crippen molar-refractivity contribution in [1.82, 2.24) is 9.80 Å². The normalized spacial score (nSPS) is 15.6. The molecule has 0 spiro atoms. The number of carbonyl (C=O) groups excluding carboxylic acids is 2. The standard InChI is InChI=1S/C24H25N3O2S/c1-18-9-11-20(12-10-18)25-23(28)22(19-6-3-2-4-7-19)26-13-15-27(16-14-26)24(29)21-8-5-17-30-21/h2-12,17,22H,13-16H2,1H3,(H,25,28)/t22-/m1/s1. The molecule has 6 heteroatoms. The van der Waals surface area contributed by atoms with Crippen LogP contribution < -0.4 is 5.32 Å². The molecule has 1 saturated heterocycles. The zero-order valence-corrected chi connectivity index (χ0v) is 17.8. The summed E-state index contributed by atoms with van der Waals surface area (Å²) in [7, 11) is 0. The van der Waals surface area contributed by atoms with Gasteiger partial charge in [-0.3, -0.25) is 14.5 Å². The summed E-state index contributed by atoms with van der Waals surface area (Å²) in [6.45, 7) is 4.54. The van der Waals surface area contributed by atoms with E-state index < -0.39 is 6.04 Å². The van der Waals surface area contributed by atoms with Crippen LogP contribution in [0.4, 0.5) is 5.69 Å². The summed E-state index contributed by atoms with van der Waals surface area (Å²) in [6.07, 6.45) is 0. The quantitative estimate of drug-likeness (QED) is 0.675. The second-order valence-corrected chi connectivity index (χ2v) is 8.42. The molecule has 1 aromatic heterocycles. The molecular formula is C24H25N3O2S. The van der Waals surface area contributed by atoms with E-state index in [1.165, 1.54) is 11.3 Å². The van der Waals surface area contributed by atoms with Gasteiger partial charge in [0, 0.05) is 31.9 Å². The number of carbonyl (C=O) groups is 2. The molecule has 3 aromatic rings. The molecule has 1 aliphatic heterocycles. The Kier molecular flexibility index (Phi) is 6.26. The highest BCUT2D eigenvalue weighted by Crippen LogP contribution is 2.25. The predicted molar refractivity (Wildman–Crippen MR) is 121 cm³/mol. The van der Waals surface area contributed by atoms with Gasteiger partial charge < -0.3 is 10.2 Å². The van der Waals surface area contributed by atoms with Crippen LogP contribution in [-0.4, -0.2) is 47.8 Å². The topological polar surface area (TPSA) is 52.7 Å². The van der Waals surface area contributed by atoms with Gasteiger partial charge >= 0.3 is 0 Å². The van der Waals surface area contributed by atoms with Gasteiger partial charge in [0.1, 0.15) is 6.04 Å². The summed E-state index contributed by atoms with van der Waals surface area (Å²) >= 11 is 1.47. The lowest BCUT2D eigenvalue weighted by Crippen LogP contribution is -2.51. The van der Waals surface area contributed by atoms with Crippen molar-refractivity contribution in [3.8, 4) is 0 Å². The zero-order valence-electron chi connectivity index (χ0n) is 17.0. The Morgan fingerprint density at radius 2 is 1.60 bits per heavy atom. The molecule has 30 heavy (non-hydrogen) atoms. The van der Waals surface area contributed by atoms with Crippen molar-refractivity contribution in [1.29, 1.82) is 0 Å². The molecular weight excluding hydrogens is 394 g/mol. The van der Waals surface area contributed by atoms with Crippen LogP contribution >= 0.6 is 11.3 Å². The highest BCUT2D eigenvalue weighted by molar-refractivity contribution is 7.12. The SMILES string of the molecule is Cc1ccc(NC(=O)[C@@H](c2ccccc2)N2CCN(C(=O)c3cccs3)CC2)cc1. The summed E-state index contributed by atoms with van der Waals surface area (Å²) in [4.78, 5) is 30.7. The van der Waals surface area contributed by atoms with E-state index in [0.717, 1.165) is 21.7 Å². The number of amides is 2. The molecule has 1 fully saturated rings. The average Bonchev–Trinajstić information content (AvgIpc) is 3.31. The van der Waals surface area contributed by atoms with Crippen LogP contribution in [0, 0.1) is 6.92 Å². The Morgan fingerprint density at radius 1 is 0.900 bits per heavy atom. The van der Waals surface area contributed by atoms with Crippen LogP contribution in [0.15, 0.2) is 72.1 Å². The molecule has 1 aliphatic rings. The molecule has 0 saturated carbocycles. The van der Waals surface area contributed by atoms with Crippen LogP contribution in [0.3, 0.4) is 0 Å². The number of nitrogens with one attached hydrogen (secondary N) is 1. The third-order valence-electron chi connectivity index (χ3n) is 5.38. The van der Waals surface area contributed by atoms with E-state index in [2.05, 4.69) is 10.2 Å². The maximum absolute atomic E-state index is 13.3. The predicted octanol–water partition coefficient (Wildman–Crippen LogP) is 4.19. The minimum Gasteiger partial charge on any atom is -0.335 e. The molecule has 2 aromatic carbocycles. The number of piperazine rings is 1. The minimum absolute atomic E-state index is 0.0527. The van der Waals surface area contributed by atoms with Crippen LogP contribution in [0.5, 0.6) is 0 Å². The van der Waals surface area contributed by atoms with Crippen molar-refractivity contribution in [3.63, 3.8) is 0 Å². The van der Waals surface area contributed by atoms with Gasteiger partial charge in [0.15, 0.2) is 0 Å². The van der Waals surface area contributed by atoms with Gasteiger partial charge in [-0.2, -0.15) is 0 Å². The minimum atomic E-state index is -0.397. The first-order valence-electron chi connectivity index (χ1n) is 10.1. The monoisotopic (exact) mass is 419 g/mol. The van der Waals surface area contributed by atoms with Crippen molar-refractivity contribution >= 4 is 28.8 Å². The van der Waals surface area contributed by atoms with Gasteiger partial charge in [0.25, 0.3) is 5.91 Å². The van der Waals surface area contributed by atoms with E-state index in [-0.39, 0.29) is 11.8 Å². The first kappa shape index (κ1) is 20.3. The lowest BCUT2D eigenvalue weighted by atomic mass is 10.0. The number of thiophene rings is 1. The highest BCUT2D eigenvalue weighted by Gasteiger charge is 2.32. The molecule has 0 radical (unpaired) electrons. The maximum atomic E-state index is 13.3. The van der Waals surface area contributed by atoms with Crippen LogP contribution in [-0.2, 0) is 4.79 Å². The second kappa shape index (κ2) is 9.24. The van der Waals surface area contributed by atoms with E-state index in [0.29, 0.717) is 26.2 Å². The second-order valence-electron chi connectivity index (χ2n) is 7.47. The van der Waals surface area contributed by atoms with E-state index in [1.807, 2.05) is 83.9 Å². The van der Waals surface area contributed by atoms with Gasteiger partial charge in [-0.25, -0.2) is 0 Å². The lowest BCUT2D eigenvalue weighted by molar-refractivity contribution is -0.122. The number of nitrogens with zero attached hydrogens (tertiary/aromatic N) is 2. The van der Waals surface area contributed by atoms with Gasteiger partial charge in [0.2, 0.25) is 5.91 Å². The summed E-state index contributed by atoms with van der Waals surface area (Å²) < 4.78 is 0. The van der Waals surface area contributed by atoms with Crippen molar-refractivity contribution in [2.24, 2.45) is 0 Å². The molecule has 154 valence electrons. The summed E-state index contributed by atoms with van der Waals surface area (Å²) in [5.41, 5.74) is 2.90. The van der Waals surface area contributed by atoms with Crippen molar-refractivity contribution < 1.29 is 9.59 Å². The Balaban J connectivity index is 1.49. The maximum Gasteiger partial charge on any atom is 0.264 e. The fourth-order valence-electron chi connectivity index (χ4n) is 3.75. The number of anilines is 1. The summed E-state index contributed by atoms with van der Waals surface area (Å²) in [6, 6.07) is 21.0. The Hall–Kier alpha value is -2.96. The van der Waals surface area contributed by atoms with Gasteiger partial charge in [-0.1, -0.05) is 54.1 Å². The molecule has 1 N–H and O–H groups in total. The first-order chi connectivity index (χ1) is 14.6. The Morgan fingerprint density at radius 3 is 2.23 bits per heavy atom. The lowest BCUT2D eigenvalue weighted by Gasteiger charge is -2.38. The van der Waals surface area contributed by atoms with Gasteiger partial charge in [-0.05, 0) is 36.1 Å². The largest absolute Gasteiger partial charge is 0.335 e. The molecule has 2 heterocycles. The van der Waals surface area contributed by atoms with E-state index >= 15 is 0 Å². The Labute approximate surface area is 180 Å². The third-order valence-corrected chi connectivity index (χ3v) is 6.24. The molecule has 0 aliphatic carbocycles. The summed E-state index contributed by atoms with van der Waals surface area (Å²) in [5, 5.41) is 4.98. The third kappa shape index (κ3) is 4.61. The van der Waals surface area contributed by atoms with Gasteiger partial charge in [0.05, 0.1) is 4.88 Å². The van der Waals surface area contributed by atoms with Crippen LogP contribution in [0.1, 0.15) is 26.8 Å². The number of benzene rings is 2. The van der Waals surface area contributed by atoms with Crippen LogP contribution in [0.2, 0.25) is 0 Å². The molecule has 5 nitrogen and oxygen atoms in total. The number of rotatable bonds is 5. The number of hydrogen-bond acceptors (Lipinski definition) is 4. The summed E-state index contributed by atoms with van der Waals surface area (Å²) in [5.74, 6) is 0.0214. The Bertz CT molecular complexity index is 979.